The zero-order chi connectivity index (χ0) is 19.2. The van der Waals surface area contributed by atoms with Crippen molar-refractivity contribution in [1.29, 1.82) is 0 Å². The highest BCUT2D eigenvalue weighted by Crippen LogP contribution is 2.27. The number of morpholine rings is 1. The van der Waals surface area contributed by atoms with E-state index in [0.717, 1.165) is 30.3 Å². The number of aryl methyl sites for hydroxylation is 1. The molecule has 0 aliphatic carbocycles. The lowest BCUT2D eigenvalue weighted by molar-refractivity contribution is 0.0135. The van der Waals surface area contributed by atoms with Gasteiger partial charge in [0, 0.05) is 18.8 Å². The minimum atomic E-state index is 0.0161. The van der Waals surface area contributed by atoms with E-state index in [1.54, 1.807) is 19.2 Å². The van der Waals surface area contributed by atoms with Crippen LogP contribution in [0.5, 0.6) is 5.75 Å². The Morgan fingerprint density at radius 2 is 2.11 bits per heavy atom. The smallest absolute Gasteiger partial charge is 0.193 e. The molecule has 146 valence electrons. The van der Waals surface area contributed by atoms with E-state index in [2.05, 4.69) is 15.2 Å². The van der Waals surface area contributed by atoms with Gasteiger partial charge in [-0.25, -0.2) is 0 Å². The number of furan rings is 1. The second-order valence-electron chi connectivity index (χ2n) is 6.31. The largest absolute Gasteiger partial charge is 0.495 e. The van der Waals surface area contributed by atoms with Crippen LogP contribution in [-0.2, 0) is 4.74 Å². The Morgan fingerprint density at radius 3 is 2.74 bits per heavy atom. The molecule has 0 bridgehead atoms. The number of rotatable bonds is 6. The Labute approximate surface area is 164 Å². The van der Waals surface area contributed by atoms with Gasteiger partial charge in [-0.15, -0.1) is 0 Å². The van der Waals surface area contributed by atoms with Gasteiger partial charge in [-0.05, 0) is 37.3 Å². The lowest BCUT2D eigenvalue weighted by Crippen LogP contribution is -2.40. The molecule has 1 fully saturated rings. The molecular formula is C19H25ClN4O3. The number of nitrogens with one attached hydrogen (secondary N) is 1. The zero-order valence-electron chi connectivity index (χ0n) is 15.6. The predicted molar refractivity (Wildman–Crippen MR) is 107 cm³/mol. The number of hydrogen-bond donors (Lipinski definition) is 2. The molecule has 0 radical (unpaired) electrons. The van der Waals surface area contributed by atoms with Gasteiger partial charge in [-0.3, -0.25) is 9.89 Å². The lowest BCUT2D eigenvalue weighted by Gasteiger charge is -2.32. The van der Waals surface area contributed by atoms with Crippen LogP contribution in [-0.4, -0.2) is 50.8 Å². The normalized spacial score (nSPS) is 16.9. The third kappa shape index (κ3) is 5.15. The van der Waals surface area contributed by atoms with Gasteiger partial charge in [0.05, 0.1) is 37.9 Å². The van der Waals surface area contributed by atoms with Crippen molar-refractivity contribution in [3.8, 4) is 5.75 Å². The summed E-state index contributed by atoms with van der Waals surface area (Å²) in [6.45, 7) is 5.50. The van der Waals surface area contributed by atoms with Gasteiger partial charge >= 0.3 is 0 Å². The first-order valence-electron chi connectivity index (χ1n) is 8.85. The highest BCUT2D eigenvalue weighted by atomic mass is 35.5. The molecule has 2 heterocycles. The third-order valence-electron chi connectivity index (χ3n) is 4.43. The summed E-state index contributed by atoms with van der Waals surface area (Å²) in [5, 5.41) is 3.57. The Balaban J connectivity index is 1.70. The predicted octanol–water partition coefficient (Wildman–Crippen LogP) is 3.05. The molecule has 1 saturated heterocycles. The van der Waals surface area contributed by atoms with Crippen LogP contribution in [0.2, 0.25) is 5.02 Å². The van der Waals surface area contributed by atoms with E-state index in [1.165, 1.54) is 0 Å². The van der Waals surface area contributed by atoms with Crippen molar-refractivity contribution < 1.29 is 13.9 Å². The average molecular weight is 393 g/mol. The number of halogens is 1. The van der Waals surface area contributed by atoms with Gasteiger partial charge in [0.1, 0.15) is 17.3 Å². The molecule has 1 atom stereocenters. The van der Waals surface area contributed by atoms with Crippen LogP contribution < -0.4 is 15.8 Å². The maximum Gasteiger partial charge on any atom is 0.193 e. The van der Waals surface area contributed by atoms with E-state index in [1.807, 2.05) is 25.1 Å². The highest BCUT2D eigenvalue weighted by molar-refractivity contribution is 6.32. The number of guanidine groups is 1. The Kier molecular flexibility index (Phi) is 6.60. The van der Waals surface area contributed by atoms with Crippen LogP contribution in [0.1, 0.15) is 17.6 Å². The SMILES string of the molecule is COc1ccc(NC(N)=NCC(c2ccc(C)o2)N2CCOCC2)cc1Cl. The molecule has 0 saturated carbocycles. The number of nitrogens with zero attached hydrogens (tertiary/aromatic N) is 2. The Bertz CT molecular complexity index is 787. The fraction of sp³-hybridized carbons (Fsp3) is 0.421. The summed E-state index contributed by atoms with van der Waals surface area (Å²) < 4.78 is 16.5. The van der Waals surface area contributed by atoms with Crippen molar-refractivity contribution >= 4 is 23.2 Å². The molecule has 3 N–H and O–H groups in total. The molecule has 8 heteroatoms. The molecule has 1 unspecified atom stereocenters. The number of ether oxygens (including phenoxy) is 2. The first-order valence-corrected chi connectivity index (χ1v) is 9.23. The molecule has 0 amide bonds. The summed E-state index contributed by atoms with van der Waals surface area (Å²) in [4.78, 5) is 6.83. The first kappa shape index (κ1) is 19.5. The first-order chi connectivity index (χ1) is 13.1. The standard InChI is InChI=1S/C19H25ClN4O3/c1-13-3-5-18(27-13)16(24-7-9-26-10-8-24)12-22-19(21)23-14-4-6-17(25-2)15(20)11-14/h3-6,11,16H,7-10,12H2,1-2H3,(H3,21,22,23). The number of hydrogen-bond acceptors (Lipinski definition) is 5. The number of nitrogens with two attached hydrogens (primary N) is 1. The second-order valence-corrected chi connectivity index (χ2v) is 6.72. The minimum absolute atomic E-state index is 0.0161. The quantitative estimate of drug-likeness (QED) is 0.580. The van der Waals surface area contributed by atoms with Crippen LogP contribution in [0.15, 0.2) is 39.7 Å². The van der Waals surface area contributed by atoms with Crippen molar-refractivity contribution in [3.63, 3.8) is 0 Å². The summed E-state index contributed by atoms with van der Waals surface area (Å²) in [7, 11) is 1.58. The van der Waals surface area contributed by atoms with Crippen molar-refractivity contribution in [1.82, 2.24) is 4.90 Å². The maximum atomic E-state index is 6.15. The Morgan fingerprint density at radius 1 is 1.33 bits per heavy atom. The van der Waals surface area contributed by atoms with Crippen molar-refractivity contribution in [2.75, 3.05) is 45.3 Å². The maximum absolute atomic E-state index is 6.15. The summed E-state index contributed by atoms with van der Waals surface area (Å²) in [6, 6.07) is 9.34. The zero-order valence-corrected chi connectivity index (χ0v) is 16.3. The summed E-state index contributed by atoms with van der Waals surface area (Å²) in [5.74, 6) is 2.70. The van der Waals surface area contributed by atoms with Gasteiger partial charge in [-0.2, -0.15) is 0 Å². The topological polar surface area (TPSA) is 85.2 Å². The van der Waals surface area contributed by atoms with Gasteiger partial charge in [0.25, 0.3) is 0 Å². The van der Waals surface area contributed by atoms with Crippen molar-refractivity contribution in [2.24, 2.45) is 10.7 Å². The molecule has 1 aliphatic heterocycles. The van der Waals surface area contributed by atoms with Gasteiger partial charge in [0.2, 0.25) is 0 Å². The summed E-state index contributed by atoms with van der Waals surface area (Å²) in [6.07, 6.45) is 0. The fourth-order valence-corrected chi connectivity index (χ4v) is 3.28. The highest BCUT2D eigenvalue weighted by Gasteiger charge is 2.25. The number of aliphatic imine (C=N–C) groups is 1. The number of methoxy groups -OCH3 is 1. The summed E-state index contributed by atoms with van der Waals surface area (Å²) >= 11 is 6.15. The molecule has 1 aromatic heterocycles. The van der Waals surface area contributed by atoms with E-state index < -0.39 is 0 Å². The van der Waals surface area contributed by atoms with Gasteiger partial charge < -0.3 is 24.9 Å². The van der Waals surface area contributed by atoms with E-state index in [9.17, 15) is 0 Å². The van der Waals surface area contributed by atoms with E-state index in [4.69, 9.17) is 31.2 Å². The molecule has 0 spiro atoms. The van der Waals surface area contributed by atoms with Gasteiger partial charge in [-0.1, -0.05) is 11.6 Å². The Hall–Kier alpha value is -2.22. The van der Waals surface area contributed by atoms with Gasteiger partial charge in [0.15, 0.2) is 5.96 Å². The van der Waals surface area contributed by atoms with E-state index in [0.29, 0.717) is 36.5 Å². The number of benzene rings is 1. The lowest BCUT2D eigenvalue weighted by atomic mass is 10.1. The second kappa shape index (κ2) is 9.12. The van der Waals surface area contributed by atoms with Crippen LogP contribution in [0.3, 0.4) is 0 Å². The molecule has 1 aromatic carbocycles. The average Bonchev–Trinajstić information content (AvgIpc) is 3.09. The molecule has 1 aliphatic rings. The van der Waals surface area contributed by atoms with Crippen LogP contribution >= 0.6 is 11.6 Å². The van der Waals surface area contributed by atoms with Crippen LogP contribution in [0, 0.1) is 6.92 Å². The van der Waals surface area contributed by atoms with Crippen LogP contribution in [0.4, 0.5) is 5.69 Å². The number of anilines is 1. The van der Waals surface area contributed by atoms with E-state index >= 15 is 0 Å². The van der Waals surface area contributed by atoms with Crippen molar-refractivity contribution in [3.05, 3.63) is 46.9 Å². The third-order valence-corrected chi connectivity index (χ3v) is 4.73. The van der Waals surface area contributed by atoms with E-state index in [-0.39, 0.29) is 6.04 Å². The molecule has 27 heavy (non-hydrogen) atoms. The van der Waals surface area contributed by atoms with Crippen molar-refractivity contribution in [2.45, 2.75) is 13.0 Å². The summed E-state index contributed by atoms with van der Waals surface area (Å²) in [5.41, 5.74) is 6.83. The molecule has 7 nitrogen and oxygen atoms in total. The minimum Gasteiger partial charge on any atom is -0.495 e. The molecule has 2 aromatic rings. The monoisotopic (exact) mass is 392 g/mol. The van der Waals surface area contributed by atoms with Crippen LogP contribution in [0.25, 0.3) is 0 Å². The fourth-order valence-electron chi connectivity index (χ4n) is 3.02. The molecule has 3 rings (SSSR count). The molecular weight excluding hydrogens is 368 g/mol.